The third-order valence-corrected chi connectivity index (χ3v) is 1.55. The molecule has 0 atom stereocenters. The molecule has 7 heteroatoms. The molecule has 1 aromatic carbocycles. The second kappa shape index (κ2) is 4.06. The molecule has 15 heavy (non-hydrogen) atoms. The van der Waals surface area contributed by atoms with Crippen LogP contribution in [0.1, 0.15) is 10.4 Å². The largest absolute Gasteiger partial charge is 0.573 e. The lowest BCUT2D eigenvalue weighted by Crippen LogP contribution is -2.17. The SMILES string of the molecule is O=C(Cl)c1cc(F)cc(OC(F)(F)F)c1. The molecule has 0 N–H and O–H groups in total. The van der Waals surface area contributed by atoms with E-state index in [1.165, 1.54) is 0 Å². The maximum atomic E-state index is 12.7. The molecule has 0 heterocycles. The van der Waals surface area contributed by atoms with Crippen LogP contribution in [0.2, 0.25) is 0 Å². The fourth-order valence-corrected chi connectivity index (χ4v) is 0.978. The van der Waals surface area contributed by atoms with Crippen LogP contribution in [-0.4, -0.2) is 11.6 Å². The van der Waals surface area contributed by atoms with E-state index in [2.05, 4.69) is 4.74 Å². The Morgan fingerprint density at radius 3 is 2.33 bits per heavy atom. The number of benzene rings is 1. The van der Waals surface area contributed by atoms with Crippen molar-refractivity contribution in [3.05, 3.63) is 29.6 Å². The third-order valence-electron chi connectivity index (χ3n) is 1.33. The van der Waals surface area contributed by atoms with Gasteiger partial charge in [-0.15, -0.1) is 13.2 Å². The molecular weight excluding hydrogens is 240 g/mol. The van der Waals surface area contributed by atoms with Crippen LogP contribution in [0.4, 0.5) is 17.6 Å². The minimum absolute atomic E-state index is 0.407. The first-order valence-electron chi connectivity index (χ1n) is 3.54. The summed E-state index contributed by atoms with van der Waals surface area (Å²) in [5.74, 6) is -1.87. The minimum Gasteiger partial charge on any atom is -0.406 e. The molecule has 0 bridgehead atoms. The third kappa shape index (κ3) is 3.75. The van der Waals surface area contributed by atoms with Crippen molar-refractivity contribution in [3.8, 4) is 5.75 Å². The zero-order valence-corrected chi connectivity index (χ0v) is 7.69. The van der Waals surface area contributed by atoms with E-state index in [1.54, 1.807) is 0 Å². The van der Waals surface area contributed by atoms with Crippen molar-refractivity contribution in [3.63, 3.8) is 0 Å². The smallest absolute Gasteiger partial charge is 0.406 e. The summed E-state index contributed by atoms with van der Waals surface area (Å²) in [6.45, 7) is 0. The molecule has 0 saturated carbocycles. The van der Waals surface area contributed by atoms with Gasteiger partial charge in [0.05, 0.1) is 0 Å². The van der Waals surface area contributed by atoms with Crippen molar-refractivity contribution in [2.24, 2.45) is 0 Å². The maximum Gasteiger partial charge on any atom is 0.573 e. The van der Waals surface area contributed by atoms with E-state index in [9.17, 15) is 22.4 Å². The van der Waals surface area contributed by atoms with Crippen molar-refractivity contribution >= 4 is 16.8 Å². The Bertz CT molecular complexity index is 389. The molecule has 0 aliphatic carbocycles. The maximum absolute atomic E-state index is 12.7. The average Bonchev–Trinajstić information content (AvgIpc) is 1.99. The van der Waals surface area contributed by atoms with Crippen molar-refractivity contribution in [2.45, 2.75) is 6.36 Å². The molecule has 0 aliphatic heterocycles. The zero-order valence-electron chi connectivity index (χ0n) is 6.94. The fraction of sp³-hybridized carbons (Fsp3) is 0.125. The molecule has 0 radical (unpaired) electrons. The van der Waals surface area contributed by atoms with Gasteiger partial charge in [-0.05, 0) is 23.7 Å². The number of carbonyl (C=O) groups excluding carboxylic acids is 1. The number of halogens is 5. The highest BCUT2D eigenvalue weighted by Gasteiger charge is 2.31. The Hall–Kier alpha value is -1.30. The molecule has 0 aliphatic rings. The van der Waals surface area contributed by atoms with Gasteiger partial charge in [-0.3, -0.25) is 4.79 Å². The predicted octanol–water partition coefficient (Wildman–Crippen LogP) is 3.10. The molecule has 1 rings (SSSR count). The van der Waals surface area contributed by atoms with Crippen LogP contribution in [0.5, 0.6) is 5.75 Å². The normalized spacial score (nSPS) is 11.3. The summed E-state index contributed by atoms with van der Waals surface area (Å²) in [7, 11) is 0. The van der Waals surface area contributed by atoms with Gasteiger partial charge in [-0.1, -0.05) is 0 Å². The molecule has 82 valence electrons. The van der Waals surface area contributed by atoms with Crippen LogP contribution < -0.4 is 4.74 Å². The Balaban J connectivity index is 3.04. The Morgan fingerprint density at radius 2 is 1.87 bits per heavy atom. The topological polar surface area (TPSA) is 26.3 Å². The van der Waals surface area contributed by atoms with E-state index in [1.807, 2.05) is 0 Å². The number of carbonyl (C=O) groups is 1. The molecule has 0 aromatic heterocycles. The van der Waals surface area contributed by atoms with Gasteiger partial charge < -0.3 is 4.74 Å². The van der Waals surface area contributed by atoms with Gasteiger partial charge in [0.25, 0.3) is 5.24 Å². The van der Waals surface area contributed by atoms with Gasteiger partial charge in [0.15, 0.2) is 0 Å². The Morgan fingerprint density at radius 1 is 1.27 bits per heavy atom. The average molecular weight is 243 g/mol. The van der Waals surface area contributed by atoms with Crippen molar-refractivity contribution in [1.29, 1.82) is 0 Å². The highest BCUT2D eigenvalue weighted by molar-refractivity contribution is 6.67. The number of hydrogen-bond acceptors (Lipinski definition) is 2. The van der Waals surface area contributed by atoms with Crippen LogP contribution in [0, 0.1) is 5.82 Å². The minimum atomic E-state index is -4.94. The van der Waals surface area contributed by atoms with E-state index in [-0.39, 0.29) is 0 Å². The van der Waals surface area contributed by atoms with Crippen LogP contribution in [0.25, 0.3) is 0 Å². The van der Waals surface area contributed by atoms with Gasteiger partial charge in [-0.2, -0.15) is 0 Å². The van der Waals surface area contributed by atoms with Gasteiger partial charge in [-0.25, -0.2) is 4.39 Å². The van der Waals surface area contributed by atoms with E-state index in [4.69, 9.17) is 11.6 Å². The van der Waals surface area contributed by atoms with Crippen LogP contribution in [-0.2, 0) is 0 Å². The Kier molecular flexibility index (Phi) is 3.18. The molecular formula is C8H3ClF4O2. The van der Waals surface area contributed by atoms with Crippen LogP contribution in [0.15, 0.2) is 18.2 Å². The summed E-state index contributed by atoms with van der Waals surface area (Å²) in [6, 6.07) is 1.90. The van der Waals surface area contributed by atoms with Crippen LogP contribution >= 0.6 is 11.6 Å². The van der Waals surface area contributed by atoms with Crippen LogP contribution in [0.3, 0.4) is 0 Å². The second-order valence-corrected chi connectivity index (χ2v) is 2.84. The highest BCUT2D eigenvalue weighted by Crippen LogP contribution is 2.25. The summed E-state index contributed by atoms with van der Waals surface area (Å²) in [6.07, 6.45) is -4.94. The molecule has 2 nitrogen and oxygen atoms in total. The quantitative estimate of drug-likeness (QED) is 0.588. The lowest BCUT2D eigenvalue weighted by molar-refractivity contribution is -0.274. The van der Waals surface area contributed by atoms with E-state index in [0.717, 1.165) is 0 Å². The van der Waals surface area contributed by atoms with Gasteiger partial charge in [0.1, 0.15) is 11.6 Å². The first-order chi connectivity index (χ1) is 6.78. The zero-order chi connectivity index (χ0) is 11.6. The highest BCUT2D eigenvalue weighted by atomic mass is 35.5. The van der Waals surface area contributed by atoms with Gasteiger partial charge in [0, 0.05) is 11.6 Å². The molecule has 0 fully saturated rings. The van der Waals surface area contributed by atoms with Crippen molar-refractivity contribution in [2.75, 3.05) is 0 Å². The van der Waals surface area contributed by atoms with E-state index in [0.29, 0.717) is 18.2 Å². The molecule has 1 aromatic rings. The van der Waals surface area contributed by atoms with E-state index < -0.39 is 28.7 Å². The lowest BCUT2D eigenvalue weighted by atomic mass is 10.2. The summed E-state index contributed by atoms with van der Waals surface area (Å²) in [5.41, 5.74) is -0.407. The molecule has 0 amide bonds. The first kappa shape index (κ1) is 11.8. The fourth-order valence-electron chi connectivity index (χ4n) is 0.869. The predicted molar refractivity (Wildman–Crippen MR) is 43.3 cm³/mol. The summed E-state index contributed by atoms with van der Waals surface area (Å²) >= 11 is 4.98. The van der Waals surface area contributed by atoms with Crippen molar-refractivity contribution in [1.82, 2.24) is 0 Å². The van der Waals surface area contributed by atoms with Gasteiger partial charge >= 0.3 is 6.36 Å². The van der Waals surface area contributed by atoms with Crippen molar-refractivity contribution < 1.29 is 27.1 Å². The monoisotopic (exact) mass is 242 g/mol. The standard InChI is InChI=1S/C8H3ClF4O2/c9-7(14)4-1-5(10)3-6(2-4)15-8(11,12)13/h1-3H. The van der Waals surface area contributed by atoms with E-state index >= 15 is 0 Å². The number of hydrogen-bond donors (Lipinski definition) is 0. The number of ether oxygens (including phenoxy) is 1. The lowest BCUT2D eigenvalue weighted by Gasteiger charge is -2.09. The summed E-state index contributed by atoms with van der Waals surface area (Å²) in [5, 5.41) is -1.07. The molecule has 0 unspecified atom stereocenters. The molecule has 0 saturated heterocycles. The second-order valence-electron chi connectivity index (χ2n) is 2.50. The molecule has 0 spiro atoms. The summed E-state index contributed by atoms with van der Waals surface area (Å²) < 4.78 is 51.4. The van der Waals surface area contributed by atoms with Gasteiger partial charge in [0.2, 0.25) is 0 Å². The number of alkyl halides is 3. The summed E-state index contributed by atoms with van der Waals surface area (Å²) in [4.78, 5) is 10.6. The Labute approximate surface area is 86.4 Å². The first-order valence-corrected chi connectivity index (χ1v) is 3.92. The number of rotatable bonds is 2.